The Balaban J connectivity index is 1.61. The van der Waals surface area contributed by atoms with Crippen LogP contribution < -0.4 is 16.0 Å². The first-order valence-corrected chi connectivity index (χ1v) is 10.6. The molecule has 0 saturated carbocycles. The maximum atomic E-state index is 13.3. The zero-order valence-electron chi connectivity index (χ0n) is 17.7. The summed E-state index contributed by atoms with van der Waals surface area (Å²) >= 11 is 0. The molecule has 1 saturated heterocycles. The van der Waals surface area contributed by atoms with E-state index in [9.17, 15) is 14.4 Å². The predicted molar refractivity (Wildman–Crippen MR) is 120 cm³/mol. The second-order valence-corrected chi connectivity index (χ2v) is 8.08. The van der Waals surface area contributed by atoms with E-state index in [-0.39, 0.29) is 23.6 Å². The molecular weight excluding hydrogens is 392 g/mol. The fourth-order valence-electron chi connectivity index (χ4n) is 3.93. The second-order valence-electron chi connectivity index (χ2n) is 8.08. The topological polar surface area (TPSA) is 90.5 Å². The molecule has 0 atom stereocenters. The summed E-state index contributed by atoms with van der Waals surface area (Å²) in [5.41, 5.74) is 2.93. The van der Waals surface area contributed by atoms with Crippen molar-refractivity contribution < 1.29 is 14.4 Å². The molecule has 2 aromatic carbocycles. The Kier molecular flexibility index (Phi) is 5.75. The number of fused-ring (bicyclic) bond motifs is 1. The molecule has 3 N–H and O–H groups in total. The Morgan fingerprint density at radius 3 is 2.06 bits per heavy atom. The Morgan fingerprint density at radius 2 is 1.45 bits per heavy atom. The molecule has 0 aromatic heterocycles. The third kappa shape index (κ3) is 4.30. The van der Waals surface area contributed by atoms with Crippen LogP contribution in [0.2, 0.25) is 0 Å². The molecule has 0 bridgehead atoms. The zero-order chi connectivity index (χ0) is 22.0. The molecule has 0 radical (unpaired) electrons. The number of carbonyl (C=O) groups excluding carboxylic acids is 3. The number of hydrogen-bond donors (Lipinski definition) is 3. The van der Waals surface area contributed by atoms with E-state index >= 15 is 0 Å². The summed E-state index contributed by atoms with van der Waals surface area (Å²) in [5.74, 6) is -0.307. The molecule has 7 heteroatoms. The third-order valence-corrected chi connectivity index (χ3v) is 5.35. The summed E-state index contributed by atoms with van der Waals surface area (Å²) < 4.78 is 0. The highest BCUT2D eigenvalue weighted by atomic mass is 16.2. The van der Waals surface area contributed by atoms with E-state index in [1.165, 1.54) is 0 Å². The molecular formula is C24H26N4O3. The van der Waals surface area contributed by atoms with Gasteiger partial charge < -0.3 is 20.9 Å². The number of rotatable bonds is 5. The molecule has 2 aromatic rings. The van der Waals surface area contributed by atoms with Gasteiger partial charge in [-0.1, -0.05) is 24.3 Å². The van der Waals surface area contributed by atoms with E-state index in [1.54, 1.807) is 48.5 Å². The Hall–Kier alpha value is -3.61. The molecule has 7 nitrogen and oxygen atoms in total. The molecule has 0 spiro atoms. The Labute approximate surface area is 181 Å². The molecule has 0 unspecified atom stereocenters. The highest BCUT2D eigenvalue weighted by molar-refractivity contribution is 6.27. The standard InChI is InChI=1S/C24H26N4O3/c1-15(2)25-24(31)27-17-11-9-16(10-12-17)26-20-21(28-13-5-6-14-28)23(30)19-8-4-3-7-18(19)22(20)29/h3-4,7-12,15,26H,5-6,13-14H2,1-2H3,(H2,25,27,31). The van der Waals surface area contributed by atoms with Crippen LogP contribution in [0, 0.1) is 0 Å². The van der Waals surface area contributed by atoms with Crippen molar-refractivity contribution in [3.8, 4) is 0 Å². The lowest BCUT2D eigenvalue weighted by atomic mass is 9.89. The van der Waals surface area contributed by atoms with Gasteiger partial charge in [0, 0.05) is 41.6 Å². The molecule has 1 heterocycles. The van der Waals surface area contributed by atoms with Gasteiger partial charge in [-0.2, -0.15) is 0 Å². The van der Waals surface area contributed by atoms with Gasteiger partial charge in [0.1, 0.15) is 11.4 Å². The van der Waals surface area contributed by atoms with E-state index in [0.29, 0.717) is 33.9 Å². The number of likely N-dealkylation sites (tertiary alicyclic amines) is 1. The lowest BCUT2D eigenvalue weighted by Gasteiger charge is -2.28. The molecule has 2 amide bonds. The van der Waals surface area contributed by atoms with Crippen molar-refractivity contribution in [1.29, 1.82) is 0 Å². The molecule has 2 aliphatic rings. The number of Topliss-reactive ketones (excluding diaryl/α,β-unsaturated/α-hetero) is 2. The highest BCUT2D eigenvalue weighted by Gasteiger charge is 2.36. The largest absolute Gasteiger partial charge is 0.367 e. The van der Waals surface area contributed by atoms with Gasteiger partial charge in [-0.05, 0) is 51.0 Å². The lowest BCUT2D eigenvalue weighted by Crippen LogP contribution is -2.35. The molecule has 160 valence electrons. The average Bonchev–Trinajstić information content (AvgIpc) is 3.27. The number of amides is 2. The van der Waals surface area contributed by atoms with Crippen molar-refractivity contribution in [1.82, 2.24) is 10.2 Å². The van der Waals surface area contributed by atoms with E-state index in [0.717, 1.165) is 25.9 Å². The van der Waals surface area contributed by atoms with E-state index in [2.05, 4.69) is 16.0 Å². The predicted octanol–water partition coefficient (Wildman–Crippen LogP) is 4.02. The van der Waals surface area contributed by atoms with Gasteiger partial charge in [-0.3, -0.25) is 9.59 Å². The average molecular weight is 418 g/mol. The SMILES string of the molecule is CC(C)NC(=O)Nc1ccc(NC2=C(N3CCCC3)C(=O)c3ccccc3C2=O)cc1. The van der Waals surface area contributed by atoms with E-state index in [1.807, 2.05) is 18.7 Å². The quantitative estimate of drug-likeness (QED) is 0.682. The molecule has 1 aliphatic carbocycles. The van der Waals surface area contributed by atoms with Gasteiger partial charge in [-0.25, -0.2) is 4.79 Å². The summed E-state index contributed by atoms with van der Waals surface area (Å²) in [4.78, 5) is 40.4. The van der Waals surface area contributed by atoms with Gasteiger partial charge in [0.2, 0.25) is 11.6 Å². The maximum Gasteiger partial charge on any atom is 0.319 e. The second kappa shape index (κ2) is 8.63. The minimum Gasteiger partial charge on any atom is -0.367 e. The summed E-state index contributed by atoms with van der Waals surface area (Å²) in [7, 11) is 0. The maximum absolute atomic E-state index is 13.3. The van der Waals surface area contributed by atoms with Crippen LogP contribution >= 0.6 is 0 Å². The first-order valence-electron chi connectivity index (χ1n) is 10.6. The summed E-state index contributed by atoms with van der Waals surface area (Å²) in [6.07, 6.45) is 2.00. The fourth-order valence-corrected chi connectivity index (χ4v) is 3.93. The molecule has 31 heavy (non-hydrogen) atoms. The molecule has 1 aliphatic heterocycles. The number of ketones is 2. The number of urea groups is 1. The van der Waals surface area contributed by atoms with Crippen molar-refractivity contribution >= 4 is 29.0 Å². The molecule has 1 fully saturated rings. The minimum atomic E-state index is -0.278. The molecule has 4 rings (SSSR count). The fraction of sp³-hybridized carbons (Fsp3) is 0.292. The summed E-state index contributed by atoms with van der Waals surface area (Å²) in [5, 5.41) is 8.72. The monoisotopic (exact) mass is 418 g/mol. The number of carbonyl (C=O) groups is 3. The first kappa shape index (κ1) is 20.7. The van der Waals surface area contributed by atoms with Crippen LogP contribution in [0.25, 0.3) is 0 Å². The normalized spacial score (nSPS) is 15.9. The summed E-state index contributed by atoms with van der Waals surface area (Å²) in [6.45, 7) is 5.29. The van der Waals surface area contributed by atoms with Crippen molar-refractivity contribution in [2.45, 2.75) is 32.7 Å². The van der Waals surface area contributed by atoms with Crippen molar-refractivity contribution in [3.63, 3.8) is 0 Å². The van der Waals surface area contributed by atoms with Crippen LogP contribution in [-0.2, 0) is 0 Å². The number of allylic oxidation sites excluding steroid dienone is 2. The van der Waals surface area contributed by atoms with Crippen molar-refractivity contribution in [2.24, 2.45) is 0 Å². The van der Waals surface area contributed by atoms with Crippen LogP contribution in [0.4, 0.5) is 16.2 Å². The zero-order valence-corrected chi connectivity index (χ0v) is 17.7. The van der Waals surface area contributed by atoms with E-state index in [4.69, 9.17) is 0 Å². The van der Waals surface area contributed by atoms with Crippen LogP contribution in [0.15, 0.2) is 59.9 Å². The Morgan fingerprint density at radius 1 is 0.871 bits per heavy atom. The first-order chi connectivity index (χ1) is 14.9. The number of hydrogen-bond acceptors (Lipinski definition) is 5. The lowest BCUT2D eigenvalue weighted by molar-refractivity contribution is 0.0948. The van der Waals surface area contributed by atoms with Crippen LogP contribution in [0.1, 0.15) is 47.4 Å². The van der Waals surface area contributed by atoms with Gasteiger partial charge in [0.05, 0.1) is 0 Å². The minimum absolute atomic E-state index is 0.0367. The number of nitrogens with zero attached hydrogens (tertiary/aromatic N) is 1. The number of benzene rings is 2. The number of nitrogens with one attached hydrogen (secondary N) is 3. The summed E-state index contributed by atoms with van der Waals surface area (Å²) in [6, 6.07) is 13.8. The third-order valence-electron chi connectivity index (χ3n) is 5.35. The highest BCUT2D eigenvalue weighted by Crippen LogP contribution is 2.31. The van der Waals surface area contributed by atoms with Crippen LogP contribution in [0.3, 0.4) is 0 Å². The van der Waals surface area contributed by atoms with Crippen LogP contribution in [-0.4, -0.2) is 41.6 Å². The van der Waals surface area contributed by atoms with Gasteiger partial charge in [0.25, 0.3) is 0 Å². The smallest absolute Gasteiger partial charge is 0.319 e. The van der Waals surface area contributed by atoms with Crippen molar-refractivity contribution in [2.75, 3.05) is 23.7 Å². The van der Waals surface area contributed by atoms with Crippen LogP contribution in [0.5, 0.6) is 0 Å². The van der Waals surface area contributed by atoms with Crippen molar-refractivity contribution in [3.05, 3.63) is 71.1 Å². The van der Waals surface area contributed by atoms with Gasteiger partial charge in [0.15, 0.2) is 0 Å². The van der Waals surface area contributed by atoms with Gasteiger partial charge >= 0.3 is 6.03 Å². The van der Waals surface area contributed by atoms with Gasteiger partial charge in [-0.15, -0.1) is 0 Å². The number of anilines is 2. The Bertz CT molecular complexity index is 1050. The van der Waals surface area contributed by atoms with E-state index < -0.39 is 0 Å².